The molecule has 1 atom stereocenters. The summed E-state index contributed by atoms with van der Waals surface area (Å²) >= 11 is 0. The normalized spacial score (nSPS) is 12.3. The Bertz CT molecular complexity index is 153. The molecule has 11 heavy (non-hydrogen) atoms. The fourth-order valence-corrected chi connectivity index (χ4v) is 0.520. The predicted molar refractivity (Wildman–Crippen MR) is 37.9 cm³/mol. The monoisotopic (exact) mass is 160 g/mol. The van der Waals surface area contributed by atoms with E-state index < -0.39 is 11.9 Å². The van der Waals surface area contributed by atoms with E-state index in [1.807, 2.05) is 0 Å². The third kappa shape index (κ3) is 5.54. The number of ether oxygens (including phenoxy) is 2. The summed E-state index contributed by atoms with van der Waals surface area (Å²) in [6, 6.07) is 0. The van der Waals surface area contributed by atoms with Crippen molar-refractivity contribution >= 4 is 11.9 Å². The van der Waals surface area contributed by atoms with Crippen LogP contribution in [0.5, 0.6) is 0 Å². The van der Waals surface area contributed by atoms with Crippen LogP contribution in [-0.4, -0.2) is 25.2 Å². The summed E-state index contributed by atoms with van der Waals surface area (Å²) in [5.74, 6) is -1.13. The van der Waals surface area contributed by atoms with Crippen LogP contribution in [0.4, 0.5) is 0 Å². The number of methoxy groups -OCH3 is 1. The van der Waals surface area contributed by atoms with Gasteiger partial charge in [-0.1, -0.05) is 0 Å². The number of hydrogen-bond acceptors (Lipinski definition) is 4. The molecule has 1 unspecified atom stereocenters. The van der Waals surface area contributed by atoms with Gasteiger partial charge in [0, 0.05) is 14.0 Å². The maximum absolute atomic E-state index is 10.7. The number of carbonyl (C=O) groups excluding carboxylic acids is 2. The third-order valence-corrected chi connectivity index (χ3v) is 1.11. The minimum atomic E-state index is -0.585. The Balaban J connectivity index is 3.60. The number of rotatable bonds is 3. The third-order valence-electron chi connectivity index (χ3n) is 1.11. The Labute approximate surface area is 65.5 Å². The molecule has 0 N–H and O–H groups in total. The van der Waals surface area contributed by atoms with E-state index in [-0.39, 0.29) is 12.5 Å². The summed E-state index contributed by atoms with van der Waals surface area (Å²) in [5.41, 5.74) is 0. The molecule has 0 heterocycles. The van der Waals surface area contributed by atoms with Gasteiger partial charge in [-0.05, 0) is 6.92 Å². The van der Waals surface area contributed by atoms with Crippen molar-refractivity contribution in [1.29, 1.82) is 0 Å². The maximum atomic E-state index is 10.7. The SMILES string of the molecule is COC(C)CC(=O)OC(C)=O. The molecule has 0 fully saturated rings. The molecule has 0 aliphatic heterocycles. The molecule has 0 aromatic carbocycles. The first kappa shape index (κ1) is 10.1. The van der Waals surface area contributed by atoms with Gasteiger partial charge < -0.3 is 9.47 Å². The van der Waals surface area contributed by atoms with Crippen molar-refractivity contribution in [2.24, 2.45) is 0 Å². The van der Waals surface area contributed by atoms with E-state index in [2.05, 4.69) is 4.74 Å². The molecule has 0 aromatic heterocycles. The lowest BCUT2D eigenvalue weighted by atomic mass is 10.3. The number of hydrogen-bond donors (Lipinski definition) is 0. The van der Waals surface area contributed by atoms with Gasteiger partial charge in [0.05, 0.1) is 12.5 Å². The summed E-state index contributed by atoms with van der Waals surface area (Å²) in [7, 11) is 1.49. The van der Waals surface area contributed by atoms with Crippen molar-refractivity contribution < 1.29 is 19.1 Å². The minimum absolute atomic E-state index is 0.107. The fourth-order valence-electron chi connectivity index (χ4n) is 0.520. The lowest BCUT2D eigenvalue weighted by Gasteiger charge is -2.06. The quantitative estimate of drug-likeness (QED) is 0.445. The highest BCUT2D eigenvalue weighted by Crippen LogP contribution is 1.97. The van der Waals surface area contributed by atoms with Crippen molar-refractivity contribution in [2.45, 2.75) is 26.4 Å². The van der Waals surface area contributed by atoms with Gasteiger partial charge in [-0.2, -0.15) is 0 Å². The molecule has 0 aliphatic rings. The van der Waals surface area contributed by atoms with Crippen LogP contribution in [0.2, 0.25) is 0 Å². The van der Waals surface area contributed by atoms with Gasteiger partial charge >= 0.3 is 11.9 Å². The summed E-state index contributed by atoms with van der Waals surface area (Å²) in [6.45, 7) is 2.91. The first-order valence-electron chi connectivity index (χ1n) is 3.30. The van der Waals surface area contributed by atoms with Crippen molar-refractivity contribution in [3.05, 3.63) is 0 Å². The zero-order valence-electron chi connectivity index (χ0n) is 6.92. The fraction of sp³-hybridized carbons (Fsp3) is 0.714. The van der Waals surface area contributed by atoms with Gasteiger partial charge in [0.15, 0.2) is 0 Å². The van der Waals surface area contributed by atoms with E-state index in [9.17, 15) is 9.59 Å². The summed E-state index contributed by atoms with van der Waals surface area (Å²) in [4.78, 5) is 20.9. The van der Waals surface area contributed by atoms with Crippen LogP contribution in [0.25, 0.3) is 0 Å². The zero-order chi connectivity index (χ0) is 8.85. The molecule has 0 rings (SSSR count). The Morgan fingerprint density at radius 2 is 2.00 bits per heavy atom. The van der Waals surface area contributed by atoms with Crippen LogP contribution in [0, 0.1) is 0 Å². The highest BCUT2D eigenvalue weighted by atomic mass is 16.6. The topological polar surface area (TPSA) is 52.6 Å². The summed E-state index contributed by atoms with van der Waals surface area (Å²) in [6.07, 6.45) is -0.0994. The number of esters is 2. The van der Waals surface area contributed by atoms with Crippen LogP contribution in [0.3, 0.4) is 0 Å². The molecular weight excluding hydrogens is 148 g/mol. The highest BCUT2D eigenvalue weighted by Gasteiger charge is 2.10. The van der Waals surface area contributed by atoms with Crippen LogP contribution >= 0.6 is 0 Å². The zero-order valence-corrected chi connectivity index (χ0v) is 6.92. The largest absolute Gasteiger partial charge is 0.393 e. The van der Waals surface area contributed by atoms with Gasteiger partial charge in [0.2, 0.25) is 0 Å². The number of carbonyl (C=O) groups is 2. The van der Waals surface area contributed by atoms with Gasteiger partial charge in [0.25, 0.3) is 0 Å². The van der Waals surface area contributed by atoms with Crippen molar-refractivity contribution in [3.8, 4) is 0 Å². The molecule has 0 spiro atoms. The minimum Gasteiger partial charge on any atom is -0.393 e. The second-order valence-corrected chi connectivity index (χ2v) is 2.22. The summed E-state index contributed by atoms with van der Waals surface area (Å²) in [5, 5.41) is 0. The average Bonchev–Trinajstić information content (AvgIpc) is 1.85. The maximum Gasteiger partial charge on any atom is 0.316 e. The van der Waals surface area contributed by atoms with Crippen molar-refractivity contribution in [3.63, 3.8) is 0 Å². The molecule has 0 aliphatic carbocycles. The van der Waals surface area contributed by atoms with Crippen LogP contribution in [0.15, 0.2) is 0 Å². The molecule has 4 nitrogen and oxygen atoms in total. The smallest absolute Gasteiger partial charge is 0.316 e. The van der Waals surface area contributed by atoms with E-state index in [4.69, 9.17) is 4.74 Å². The Hall–Kier alpha value is -0.900. The van der Waals surface area contributed by atoms with Crippen LogP contribution in [-0.2, 0) is 19.1 Å². The Kier molecular flexibility index (Phi) is 4.45. The van der Waals surface area contributed by atoms with Gasteiger partial charge in [0.1, 0.15) is 0 Å². The molecule has 0 amide bonds. The molecule has 0 saturated carbocycles. The molecular formula is C7H12O4. The van der Waals surface area contributed by atoms with Gasteiger partial charge in [-0.25, -0.2) is 0 Å². The Morgan fingerprint density at radius 1 is 1.45 bits per heavy atom. The molecule has 0 aromatic rings. The second-order valence-electron chi connectivity index (χ2n) is 2.22. The second kappa shape index (κ2) is 4.85. The van der Waals surface area contributed by atoms with E-state index in [0.29, 0.717) is 0 Å². The van der Waals surface area contributed by atoms with Crippen LogP contribution in [0.1, 0.15) is 20.3 Å². The van der Waals surface area contributed by atoms with E-state index >= 15 is 0 Å². The molecule has 64 valence electrons. The molecule has 0 radical (unpaired) electrons. The molecule has 0 bridgehead atoms. The standard InChI is InChI=1S/C7H12O4/c1-5(10-3)4-7(9)11-6(2)8/h5H,4H2,1-3H3. The molecule has 0 saturated heterocycles. The molecule has 4 heteroatoms. The van der Waals surface area contributed by atoms with Crippen molar-refractivity contribution in [1.82, 2.24) is 0 Å². The first-order chi connectivity index (χ1) is 5.06. The van der Waals surface area contributed by atoms with Crippen LogP contribution < -0.4 is 0 Å². The Morgan fingerprint density at radius 3 is 2.36 bits per heavy atom. The average molecular weight is 160 g/mol. The van der Waals surface area contributed by atoms with E-state index in [1.54, 1.807) is 6.92 Å². The van der Waals surface area contributed by atoms with Crippen molar-refractivity contribution in [2.75, 3.05) is 7.11 Å². The van der Waals surface area contributed by atoms with Gasteiger partial charge in [-0.3, -0.25) is 9.59 Å². The van der Waals surface area contributed by atoms with Gasteiger partial charge in [-0.15, -0.1) is 0 Å². The lowest BCUT2D eigenvalue weighted by molar-refractivity contribution is -0.159. The highest BCUT2D eigenvalue weighted by molar-refractivity contribution is 5.84. The summed E-state index contributed by atoms with van der Waals surface area (Å²) < 4.78 is 9.06. The first-order valence-corrected chi connectivity index (χ1v) is 3.30. The van der Waals surface area contributed by atoms with E-state index in [1.165, 1.54) is 14.0 Å². The lowest BCUT2D eigenvalue weighted by Crippen LogP contribution is -2.16. The van der Waals surface area contributed by atoms with E-state index in [0.717, 1.165) is 0 Å². The predicted octanol–water partition coefficient (Wildman–Crippen LogP) is 0.501.